The molecule has 4 N–H and O–H groups in total. The highest BCUT2D eigenvalue weighted by Crippen LogP contribution is 2.38. The van der Waals surface area contributed by atoms with Gasteiger partial charge in [-0.15, -0.1) is 0 Å². The number of amides is 1. The number of phenolic OH excluding ortho intramolecular Hbond substituents is 1. The second-order valence-corrected chi connectivity index (χ2v) is 5.54. The molecule has 0 aliphatic heterocycles. The summed E-state index contributed by atoms with van der Waals surface area (Å²) in [7, 11) is 0. The van der Waals surface area contributed by atoms with Crippen LogP contribution in [0.15, 0.2) is 24.3 Å². The Morgan fingerprint density at radius 1 is 1.32 bits per heavy atom. The maximum Gasteiger partial charge on any atom is 0.224 e. The van der Waals surface area contributed by atoms with Crippen molar-refractivity contribution in [3.05, 3.63) is 24.3 Å². The molecule has 0 heterocycles. The zero-order valence-corrected chi connectivity index (χ0v) is 11.2. The Labute approximate surface area is 114 Å². The lowest BCUT2D eigenvalue weighted by molar-refractivity contribution is -0.118. The minimum Gasteiger partial charge on any atom is -0.508 e. The van der Waals surface area contributed by atoms with Crippen molar-refractivity contribution in [2.75, 3.05) is 11.9 Å². The van der Waals surface area contributed by atoms with Crippen molar-refractivity contribution >= 4 is 11.6 Å². The SMILES string of the molecule is NCC1(CC(=O)Nc2cccc(O)c2)CCCCC1. The topological polar surface area (TPSA) is 75.4 Å². The molecule has 0 aromatic heterocycles. The quantitative estimate of drug-likeness (QED) is 0.780. The zero-order valence-electron chi connectivity index (χ0n) is 11.2. The van der Waals surface area contributed by atoms with E-state index in [0.29, 0.717) is 18.7 Å². The number of carbonyl (C=O) groups is 1. The first-order valence-electron chi connectivity index (χ1n) is 6.93. The molecule has 1 aromatic rings. The third kappa shape index (κ3) is 3.70. The average Bonchev–Trinajstić information content (AvgIpc) is 2.39. The van der Waals surface area contributed by atoms with E-state index < -0.39 is 0 Å². The van der Waals surface area contributed by atoms with Crippen molar-refractivity contribution in [2.24, 2.45) is 11.1 Å². The normalized spacial score (nSPS) is 17.9. The minimum atomic E-state index is -0.0286. The van der Waals surface area contributed by atoms with E-state index in [2.05, 4.69) is 5.32 Å². The van der Waals surface area contributed by atoms with Crippen LogP contribution in [0.4, 0.5) is 5.69 Å². The van der Waals surface area contributed by atoms with Crippen molar-refractivity contribution in [1.82, 2.24) is 0 Å². The van der Waals surface area contributed by atoms with Crippen molar-refractivity contribution in [3.63, 3.8) is 0 Å². The Hall–Kier alpha value is -1.55. The van der Waals surface area contributed by atoms with Gasteiger partial charge in [-0.05, 0) is 36.9 Å². The van der Waals surface area contributed by atoms with Crippen LogP contribution < -0.4 is 11.1 Å². The molecule has 1 aliphatic rings. The first-order valence-corrected chi connectivity index (χ1v) is 6.93. The fourth-order valence-corrected chi connectivity index (χ4v) is 2.88. The van der Waals surface area contributed by atoms with Gasteiger partial charge in [0.05, 0.1) is 0 Å². The van der Waals surface area contributed by atoms with Gasteiger partial charge in [0.1, 0.15) is 5.75 Å². The molecule has 1 aliphatic carbocycles. The molecule has 0 spiro atoms. The summed E-state index contributed by atoms with van der Waals surface area (Å²) >= 11 is 0. The van der Waals surface area contributed by atoms with Gasteiger partial charge in [-0.25, -0.2) is 0 Å². The fourth-order valence-electron chi connectivity index (χ4n) is 2.88. The maximum absolute atomic E-state index is 12.1. The Balaban J connectivity index is 1.96. The Morgan fingerprint density at radius 3 is 2.68 bits per heavy atom. The number of nitrogens with two attached hydrogens (primary N) is 1. The molecule has 19 heavy (non-hydrogen) atoms. The summed E-state index contributed by atoms with van der Waals surface area (Å²) in [5, 5.41) is 12.2. The van der Waals surface area contributed by atoms with Gasteiger partial charge in [0.15, 0.2) is 0 Å². The first kappa shape index (κ1) is 13.9. The molecule has 0 saturated heterocycles. The van der Waals surface area contributed by atoms with Crippen molar-refractivity contribution in [2.45, 2.75) is 38.5 Å². The monoisotopic (exact) mass is 262 g/mol. The largest absolute Gasteiger partial charge is 0.508 e. The van der Waals surface area contributed by atoms with Crippen LogP contribution in [-0.2, 0) is 4.79 Å². The first-order chi connectivity index (χ1) is 9.13. The number of benzene rings is 1. The van der Waals surface area contributed by atoms with Crippen molar-refractivity contribution < 1.29 is 9.90 Å². The molecule has 0 radical (unpaired) electrons. The van der Waals surface area contributed by atoms with Crippen LogP contribution in [0.1, 0.15) is 38.5 Å². The molecule has 4 heteroatoms. The van der Waals surface area contributed by atoms with Crippen molar-refractivity contribution in [1.29, 1.82) is 0 Å². The van der Waals surface area contributed by atoms with Crippen LogP contribution in [0.5, 0.6) is 5.75 Å². The van der Waals surface area contributed by atoms with Crippen LogP contribution in [0.2, 0.25) is 0 Å². The van der Waals surface area contributed by atoms with Gasteiger partial charge in [-0.3, -0.25) is 4.79 Å². The number of nitrogens with one attached hydrogen (secondary N) is 1. The predicted molar refractivity (Wildman–Crippen MR) is 75.9 cm³/mol. The van der Waals surface area contributed by atoms with E-state index in [0.717, 1.165) is 25.7 Å². The van der Waals surface area contributed by atoms with Crippen LogP contribution in [0.25, 0.3) is 0 Å². The van der Waals surface area contributed by atoms with Gasteiger partial charge in [-0.2, -0.15) is 0 Å². The Morgan fingerprint density at radius 2 is 2.05 bits per heavy atom. The predicted octanol–water partition coefficient (Wildman–Crippen LogP) is 2.63. The second-order valence-electron chi connectivity index (χ2n) is 5.54. The minimum absolute atomic E-state index is 0.0158. The molecule has 1 aromatic carbocycles. The molecule has 1 saturated carbocycles. The standard InChI is InChI=1S/C15H22N2O2/c16-11-15(7-2-1-3-8-15)10-14(19)17-12-5-4-6-13(18)9-12/h4-6,9,18H,1-3,7-8,10-11,16H2,(H,17,19). The van der Waals surface area contributed by atoms with E-state index in [4.69, 9.17) is 5.73 Å². The van der Waals surface area contributed by atoms with E-state index in [9.17, 15) is 9.90 Å². The van der Waals surface area contributed by atoms with E-state index in [1.807, 2.05) is 0 Å². The summed E-state index contributed by atoms with van der Waals surface area (Å²) in [6.45, 7) is 0.570. The Kier molecular flexibility index (Phi) is 4.43. The molecular formula is C15H22N2O2. The molecular weight excluding hydrogens is 240 g/mol. The molecule has 4 nitrogen and oxygen atoms in total. The van der Waals surface area contributed by atoms with Gasteiger partial charge in [-0.1, -0.05) is 25.3 Å². The highest BCUT2D eigenvalue weighted by atomic mass is 16.3. The molecule has 0 unspecified atom stereocenters. The zero-order chi connectivity index (χ0) is 13.7. The number of carbonyl (C=O) groups excluding carboxylic acids is 1. The second kappa shape index (κ2) is 6.06. The number of hydrogen-bond donors (Lipinski definition) is 3. The van der Waals surface area contributed by atoms with E-state index in [1.54, 1.807) is 24.3 Å². The fraction of sp³-hybridized carbons (Fsp3) is 0.533. The molecule has 2 rings (SSSR count). The van der Waals surface area contributed by atoms with Crippen LogP contribution >= 0.6 is 0 Å². The summed E-state index contributed by atoms with van der Waals surface area (Å²) in [5.41, 5.74) is 6.49. The van der Waals surface area contributed by atoms with Crippen LogP contribution in [0, 0.1) is 5.41 Å². The van der Waals surface area contributed by atoms with E-state index in [-0.39, 0.29) is 17.1 Å². The Bertz CT molecular complexity index is 440. The van der Waals surface area contributed by atoms with E-state index in [1.165, 1.54) is 6.42 Å². The molecule has 0 bridgehead atoms. The highest BCUT2D eigenvalue weighted by molar-refractivity contribution is 5.91. The number of hydrogen-bond acceptors (Lipinski definition) is 3. The summed E-state index contributed by atoms with van der Waals surface area (Å²) < 4.78 is 0. The van der Waals surface area contributed by atoms with Gasteiger partial charge < -0.3 is 16.2 Å². The van der Waals surface area contributed by atoms with Crippen LogP contribution in [-0.4, -0.2) is 17.6 Å². The number of phenols is 1. The van der Waals surface area contributed by atoms with Gasteiger partial charge in [0.2, 0.25) is 5.91 Å². The lowest BCUT2D eigenvalue weighted by Gasteiger charge is -2.35. The average molecular weight is 262 g/mol. The highest BCUT2D eigenvalue weighted by Gasteiger charge is 2.32. The summed E-state index contributed by atoms with van der Waals surface area (Å²) in [6.07, 6.45) is 6.12. The molecule has 104 valence electrons. The van der Waals surface area contributed by atoms with Gasteiger partial charge in [0, 0.05) is 18.2 Å². The van der Waals surface area contributed by atoms with E-state index >= 15 is 0 Å². The van der Waals surface area contributed by atoms with Crippen molar-refractivity contribution in [3.8, 4) is 5.75 Å². The lowest BCUT2D eigenvalue weighted by atomic mass is 9.71. The summed E-state index contributed by atoms with van der Waals surface area (Å²) in [4.78, 5) is 12.1. The molecule has 1 amide bonds. The molecule has 1 fully saturated rings. The van der Waals surface area contributed by atoms with Crippen LogP contribution in [0.3, 0.4) is 0 Å². The number of anilines is 1. The summed E-state index contributed by atoms with van der Waals surface area (Å²) in [6, 6.07) is 6.62. The third-order valence-corrected chi connectivity index (χ3v) is 4.01. The number of rotatable bonds is 4. The van der Waals surface area contributed by atoms with Gasteiger partial charge in [0.25, 0.3) is 0 Å². The third-order valence-electron chi connectivity index (χ3n) is 4.01. The molecule has 0 atom stereocenters. The maximum atomic E-state index is 12.1. The smallest absolute Gasteiger partial charge is 0.224 e. The number of aromatic hydroxyl groups is 1. The lowest BCUT2D eigenvalue weighted by Crippen LogP contribution is -2.36. The van der Waals surface area contributed by atoms with Gasteiger partial charge >= 0.3 is 0 Å². The summed E-state index contributed by atoms with van der Waals surface area (Å²) in [5.74, 6) is 0.141.